The second kappa shape index (κ2) is 5.05. The van der Waals surface area contributed by atoms with Gasteiger partial charge in [0.1, 0.15) is 5.82 Å². The molecule has 0 saturated carbocycles. The molecule has 0 aliphatic rings. The zero-order valence-corrected chi connectivity index (χ0v) is 11.9. The molecule has 2 aromatic carbocycles. The van der Waals surface area contributed by atoms with E-state index < -0.39 is 11.7 Å². The highest BCUT2D eigenvalue weighted by Gasteiger charge is 2.32. The maximum Gasteiger partial charge on any atom is 0.416 e. The van der Waals surface area contributed by atoms with E-state index in [1.165, 1.54) is 0 Å². The summed E-state index contributed by atoms with van der Waals surface area (Å²) in [5, 5.41) is 0. The highest BCUT2D eigenvalue weighted by atomic mass is 19.4. The molecule has 22 heavy (non-hydrogen) atoms. The highest BCUT2D eigenvalue weighted by molar-refractivity contribution is 5.88. The van der Waals surface area contributed by atoms with E-state index in [1.807, 2.05) is 30.3 Å². The van der Waals surface area contributed by atoms with Crippen molar-refractivity contribution in [3.8, 4) is 0 Å². The average molecular weight is 305 g/mol. The molecule has 3 nitrogen and oxygen atoms in total. The number of aryl methyl sites for hydroxylation is 1. The Morgan fingerprint density at radius 2 is 1.82 bits per heavy atom. The molecule has 1 heterocycles. The smallest absolute Gasteiger partial charge is 0.397 e. The fraction of sp³-hybridized carbons (Fsp3) is 0.188. The number of hydrogen-bond acceptors (Lipinski definition) is 2. The van der Waals surface area contributed by atoms with Gasteiger partial charge in [0.05, 0.1) is 22.3 Å². The van der Waals surface area contributed by atoms with Gasteiger partial charge in [-0.15, -0.1) is 0 Å². The minimum atomic E-state index is -4.43. The fourth-order valence-electron chi connectivity index (χ4n) is 2.54. The van der Waals surface area contributed by atoms with E-state index in [9.17, 15) is 13.2 Å². The topological polar surface area (TPSA) is 43.8 Å². The summed E-state index contributed by atoms with van der Waals surface area (Å²) < 4.78 is 40.3. The Balaban J connectivity index is 2.10. The molecule has 114 valence electrons. The molecule has 0 unspecified atom stereocenters. The number of nitrogens with two attached hydrogens (primary N) is 1. The second-order valence-electron chi connectivity index (χ2n) is 5.18. The molecule has 1 aromatic heterocycles. The summed E-state index contributed by atoms with van der Waals surface area (Å²) in [7, 11) is 1.76. The van der Waals surface area contributed by atoms with Crippen LogP contribution >= 0.6 is 0 Å². The monoisotopic (exact) mass is 305 g/mol. The Morgan fingerprint density at radius 1 is 1.14 bits per heavy atom. The third-order valence-electron chi connectivity index (χ3n) is 3.62. The van der Waals surface area contributed by atoms with Crippen molar-refractivity contribution in [3.63, 3.8) is 0 Å². The molecule has 0 amide bonds. The van der Waals surface area contributed by atoms with E-state index in [1.54, 1.807) is 11.6 Å². The molecule has 0 saturated heterocycles. The van der Waals surface area contributed by atoms with Gasteiger partial charge in [0.2, 0.25) is 0 Å². The molecular formula is C16H14F3N3. The average Bonchev–Trinajstić information content (AvgIpc) is 2.76. The van der Waals surface area contributed by atoms with Gasteiger partial charge in [-0.2, -0.15) is 13.2 Å². The van der Waals surface area contributed by atoms with Crippen LogP contribution in [0.4, 0.5) is 18.9 Å². The Hall–Kier alpha value is -2.50. The van der Waals surface area contributed by atoms with Crippen LogP contribution in [0.1, 0.15) is 17.0 Å². The maximum atomic E-state index is 12.9. The fourth-order valence-corrected chi connectivity index (χ4v) is 2.54. The van der Waals surface area contributed by atoms with Crippen LogP contribution in [0.3, 0.4) is 0 Å². The number of benzene rings is 2. The summed E-state index contributed by atoms with van der Waals surface area (Å²) in [4.78, 5) is 4.33. The van der Waals surface area contributed by atoms with Gasteiger partial charge >= 0.3 is 6.18 Å². The van der Waals surface area contributed by atoms with Crippen LogP contribution in [0.25, 0.3) is 11.0 Å². The van der Waals surface area contributed by atoms with Gasteiger partial charge in [-0.3, -0.25) is 0 Å². The molecule has 0 radical (unpaired) electrons. The number of anilines is 1. The molecule has 3 aromatic rings. The number of alkyl halides is 3. The summed E-state index contributed by atoms with van der Waals surface area (Å²) in [6, 6.07) is 11.6. The van der Waals surface area contributed by atoms with E-state index in [0.717, 1.165) is 17.7 Å². The Morgan fingerprint density at radius 3 is 2.45 bits per heavy atom. The first kappa shape index (κ1) is 14.4. The molecule has 0 spiro atoms. The largest absolute Gasteiger partial charge is 0.416 e. The predicted octanol–water partition coefficient (Wildman–Crippen LogP) is 3.77. The molecule has 0 aliphatic heterocycles. The van der Waals surface area contributed by atoms with Crippen molar-refractivity contribution in [2.24, 2.45) is 7.05 Å². The summed E-state index contributed by atoms with van der Waals surface area (Å²) in [5.74, 6) is 0.673. The van der Waals surface area contributed by atoms with Crippen molar-refractivity contribution >= 4 is 16.7 Å². The number of aromatic nitrogens is 2. The van der Waals surface area contributed by atoms with Crippen LogP contribution < -0.4 is 5.73 Å². The van der Waals surface area contributed by atoms with Crippen LogP contribution in [-0.4, -0.2) is 9.55 Å². The summed E-state index contributed by atoms with van der Waals surface area (Å²) in [6.45, 7) is 0. The zero-order chi connectivity index (χ0) is 15.9. The second-order valence-corrected chi connectivity index (χ2v) is 5.18. The van der Waals surface area contributed by atoms with Crippen molar-refractivity contribution in [2.75, 3.05) is 5.73 Å². The first-order valence-electron chi connectivity index (χ1n) is 6.72. The number of rotatable bonds is 2. The molecule has 2 N–H and O–H groups in total. The minimum absolute atomic E-state index is 0.0825. The molecule has 0 fully saturated rings. The van der Waals surface area contributed by atoms with Gasteiger partial charge in [0.15, 0.2) is 0 Å². The highest BCUT2D eigenvalue weighted by Crippen LogP contribution is 2.34. The van der Waals surface area contributed by atoms with Crippen molar-refractivity contribution in [2.45, 2.75) is 12.6 Å². The normalized spacial score (nSPS) is 12.0. The lowest BCUT2D eigenvalue weighted by Gasteiger charge is -2.08. The first-order chi connectivity index (χ1) is 10.4. The van der Waals surface area contributed by atoms with Gasteiger partial charge in [0, 0.05) is 13.5 Å². The van der Waals surface area contributed by atoms with Gasteiger partial charge < -0.3 is 10.3 Å². The minimum Gasteiger partial charge on any atom is -0.397 e. The lowest BCUT2D eigenvalue weighted by molar-refractivity contribution is -0.137. The number of nitrogens with zero attached hydrogens (tertiary/aromatic N) is 2. The van der Waals surface area contributed by atoms with Crippen LogP contribution in [0.2, 0.25) is 0 Å². The Kier molecular flexibility index (Phi) is 3.31. The molecule has 0 bridgehead atoms. The third-order valence-corrected chi connectivity index (χ3v) is 3.62. The zero-order valence-electron chi connectivity index (χ0n) is 11.9. The lowest BCUT2D eigenvalue weighted by Crippen LogP contribution is -2.06. The summed E-state index contributed by atoms with van der Waals surface area (Å²) >= 11 is 0. The van der Waals surface area contributed by atoms with Crippen LogP contribution in [-0.2, 0) is 19.6 Å². The van der Waals surface area contributed by atoms with E-state index in [2.05, 4.69) is 4.98 Å². The van der Waals surface area contributed by atoms with Crippen molar-refractivity contribution < 1.29 is 13.2 Å². The number of imidazole rings is 1. The van der Waals surface area contributed by atoms with Crippen LogP contribution in [0.5, 0.6) is 0 Å². The van der Waals surface area contributed by atoms with Gasteiger partial charge in [0.25, 0.3) is 0 Å². The van der Waals surface area contributed by atoms with E-state index in [4.69, 9.17) is 5.73 Å². The number of halogens is 3. The molecule has 6 heteroatoms. The molecule has 0 atom stereocenters. The van der Waals surface area contributed by atoms with Gasteiger partial charge in [-0.25, -0.2) is 4.98 Å². The maximum absolute atomic E-state index is 12.9. The first-order valence-corrected chi connectivity index (χ1v) is 6.72. The van der Waals surface area contributed by atoms with E-state index in [-0.39, 0.29) is 11.2 Å². The van der Waals surface area contributed by atoms with Crippen molar-refractivity contribution in [1.82, 2.24) is 9.55 Å². The van der Waals surface area contributed by atoms with Gasteiger partial charge in [-0.1, -0.05) is 30.3 Å². The van der Waals surface area contributed by atoms with E-state index >= 15 is 0 Å². The van der Waals surface area contributed by atoms with Gasteiger partial charge in [-0.05, 0) is 17.7 Å². The van der Waals surface area contributed by atoms with Crippen LogP contribution in [0, 0.1) is 0 Å². The summed E-state index contributed by atoms with van der Waals surface area (Å²) in [5.41, 5.74) is 6.94. The third kappa shape index (κ3) is 2.52. The number of hydrogen-bond donors (Lipinski definition) is 1. The van der Waals surface area contributed by atoms with Crippen LogP contribution in [0.15, 0.2) is 42.5 Å². The molecular weight excluding hydrogens is 291 g/mol. The Bertz CT molecular complexity index is 820. The lowest BCUT2D eigenvalue weighted by atomic mass is 10.1. The quantitative estimate of drug-likeness (QED) is 0.733. The summed E-state index contributed by atoms with van der Waals surface area (Å²) in [6.07, 6.45) is -3.90. The van der Waals surface area contributed by atoms with E-state index in [0.29, 0.717) is 17.8 Å². The van der Waals surface area contributed by atoms with Crippen molar-refractivity contribution in [3.05, 3.63) is 59.4 Å². The Labute approximate surface area is 125 Å². The number of nitrogen functional groups attached to an aromatic ring is 1. The van der Waals surface area contributed by atoms with Crippen molar-refractivity contribution in [1.29, 1.82) is 0 Å². The standard InChI is InChI=1S/C16H14F3N3/c1-22-14(7-10-5-3-2-4-6-10)21-13-9-11(16(17,18)19)8-12(20)15(13)22/h2-6,8-9H,7,20H2,1H3. The number of fused-ring (bicyclic) bond motifs is 1. The molecule has 0 aliphatic carbocycles. The molecule has 3 rings (SSSR count). The SMILES string of the molecule is Cn1c(Cc2ccccc2)nc2cc(C(F)(F)F)cc(N)c21. The predicted molar refractivity (Wildman–Crippen MR) is 79.4 cm³/mol.